The second-order valence-electron chi connectivity index (χ2n) is 6.78. The van der Waals surface area contributed by atoms with Crippen molar-refractivity contribution in [3.8, 4) is 0 Å². The molecule has 0 spiro atoms. The van der Waals surface area contributed by atoms with Crippen molar-refractivity contribution in [2.75, 3.05) is 0 Å². The van der Waals surface area contributed by atoms with E-state index in [2.05, 4.69) is 62.3 Å². The van der Waals surface area contributed by atoms with Crippen LogP contribution in [0.2, 0.25) is 0 Å². The van der Waals surface area contributed by atoms with E-state index in [1.807, 2.05) is 27.7 Å². The molecule has 0 aliphatic rings. The lowest BCUT2D eigenvalue weighted by Gasteiger charge is -2.36. The molecule has 0 saturated carbocycles. The third-order valence-corrected chi connectivity index (χ3v) is 5.42. The van der Waals surface area contributed by atoms with E-state index in [1.54, 1.807) is 0 Å². The Morgan fingerprint density at radius 3 is 0.600 bits per heavy atom. The van der Waals surface area contributed by atoms with Gasteiger partial charge in [-0.1, -0.05) is 90.0 Å². The lowest BCUT2D eigenvalue weighted by molar-refractivity contribution is 0.126. The summed E-state index contributed by atoms with van der Waals surface area (Å²) < 4.78 is 0. The predicted octanol–water partition coefficient (Wildman–Crippen LogP) is 7.53. The van der Waals surface area contributed by atoms with Crippen LogP contribution in [-0.2, 0) is 0 Å². The third kappa shape index (κ3) is 9.03. The van der Waals surface area contributed by atoms with E-state index in [-0.39, 0.29) is 0 Å². The topological polar surface area (TPSA) is 0 Å². The first-order chi connectivity index (χ1) is 9.20. The minimum absolute atomic E-state index is 0.805. The highest BCUT2D eigenvalue weighted by molar-refractivity contribution is 4.78. The smallest absolute Gasteiger partial charge is 0.0386 e. The van der Waals surface area contributed by atoms with E-state index in [1.165, 1.54) is 0 Å². The van der Waals surface area contributed by atoms with E-state index >= 15 is 0 Å². The zero-order valence-corrected chi connectivity index (χ0v) is 17.0. The van der Waals surface area contributed by atoms with Crippen LogP contribution in [0.1, 0.15) is 90.0 Å². The Kier molecular flexibility index (Phi) is 17.4. The molecule has 126 valence electrons. The summed E-state index contributed by atoms with van der Waals surface area (Å²) in [5, 5.41) is 0. The fraction of sp³-hybridized carbons (Fsp3) is 1.00. The van der Waals surface area contributed by atoms with Gasteiger partial charge in [0.25, 0.3) is 0 Å². The average Bonchev–Trinajstić information content (AvgIpc) is 2.47. The maximum absolute atomic E-state index is 2.45. The molecule has 0 heteroatoms. The van der Waals surface area contributed by atoms with Crippen LogP contribution in [0.15, 0.2) is 0 Å². The van der Waals surface area contributed by atoms with Gasteiger partial charge in [0.2, 0.25) is 0 Å². The van der Waals surface area contributed by atoms with Gasteiger partial charge in [0, 0.05) is 0 Å². The molecule has 0 nitrogen and oxygen atoms in total. The summed E-state index contributed by atoms with van der Waals surface area (Å²) >= 11 is 0. The Labute approximate surface area is 132 Å². The van der Waals surface area contributed by atoms with Gasteiger partial charge in [-0.05, 0) is 41.4 Å². The molecule has 0 rings (SSSR count). The second kappa shape index (κ2) is 14.0. The normalized spacial score (nSPS) is 18.1. The monoisotopic (exact) mass is 286 g/mol. The van der Waals surface area contributed by atoms with Gasteiger partial charge in [0.05, 0.1) is 0 Å². The van der Waals surface area contributed by atoms with E-state index in [0.29, 0.717) is 0 Å². The molecule has 0 fully saturated rings. The van der Waals surface area contributed by atoms with Gasteiger partial charge in [-0.25, -0.2) is 0 Å². The van der Waals surface area contributed by atoms with E-state index in [9.17, 15) is 0 Å². The molecule has 0 aromatic heterocycles. The Balaban J connectivity index is -0.000000656. The van der Waals surface area contributed by atoms with Gasteiger partial charge in [0.15, 0.2) is 0 Å². The van der Waals surface area contributed by atoms with Gasteiger partial charge >= 0.3 is 0 Å². The van der Waals surface area contributed by atoms with E-state index < -0.39 is 0 Å². The second-order valence-corrected chi connectivity index (χ2v) is 6.78. The molecule has 0 N–H and O–H groups in total. The van der Waals surface area contributed by atoms with Crippen LogP contribution in [-0.4, -0.2) is 0 Å². The van der Waals surface area contributed by atoms with Crippen molar-refractivity contribution in [1.29, 1.82) is 0 Å². The highest BCUT2D eigenvalue weighted by Gasteiger charge is 2.29. The molecular weight excluding hydrogens is 240 g/mol. The SMILES string of the molecule is CC.CC.CC(C)C(C)C(C)C(C)C(C)C(C)C(C)C. The fourth-order valence-corrected chi connectivity index (χ4v) is 2.65. The summed E-state index contributed by atoms with van der Waals surface area (Å²) in [6.07, 6.45) is 0. The molecule has 0 heterocycles. The quantitative estimate of drug-likeness (QED) is 0.473. The van der Waals surface area contributed by atoms with Crippen molar-refractivity contribution in [2.24, 2.45) is 41.4 Å². The van der Waals surface area contributed by atoms with Gasteiger partial charge in [0.1, 0.15) is 0 Å². The predicted molar refractivity (Wildman–Crippen MR) is 98.2 cm³/mol. The lowest BCUT2D eigenvalue weighted by atomic mass is 9.69. The summed E-state index contributed by atoms with van der Waals surface area (Å²) in [7, 11) is 0. The van der Waals surface area contributed by atoms with Crippen LogP contribution in [0.25, 0.3) is 0 Å². The molecule has 0 saturated heterocycles. The summed E-state index contributed by atoms with van der Waals surface area (Å²) in [4.78, 5) is 0. The molecule has 0 aliphatic heterocycles. The lowest BCUT2D eigenvalue weighted by Crippen LogP contribution is -2.30. The van der Waals surface area contributed by atoms with Crippen LogP contribution in [0.4, 0.5) is 0 Å². The van der Waals surface area contributed by atoms with E-state index in [0.717, 1.165) is 41.4 Å². The standard InChI is InChI=1S/C16H34.2C2H6/c1-10(2)12(5)14(7)16(9)15(8)13(6)11(3)4;2*1-2/h10-16H,1-9H3;2*1-2H3. The van der Waals surface area contributed by atoms with Crippen molar-refractivity contribution in [3.63, 3.8) is 0 Å². The maximum Gasteiger partial charge on any atom is -0.0386 e. The fourth-order valence-electron chi connectivity index (χ4n) is 2.65. The zero-order valence-electron chi connectivity index (χ0n) is 17.0. The van der Waals surface area contributed by atoms with Gasteiger partial charge in [-0.15, -0.1) is 0 Å². The van der Waals surface area contributed by atoms with E-state index in [4.69, 9.17) is 0 Å². The minimum atomic E-state index is 0.805. The minimum Gasteiger partial charge on any atom is -0.0683 e. The third-order valence-electron chi connectivity index (χ3n) is 5.42. The zero-order chi connectivity index (χ0) is 17.0. The average molecular weight is 287 g/mol. The van der Waals surface area contributed by atoms with Crippen molar-refractivity contribution < 1.29 is 0 Å². The van der Waals surface area contributed by atoms with Crippen LogP contribution in [0, 0.1) is 41.4 Å². The molecular formula is C20H46. The summed E-state index contributed by atoms with van der Waals surface area (Å²) in [5.41, 5.74) is 0. The molecule has 0 radical (unpaired) electrons. The summed E-state index contributed by atoms with van der Waals surface area (Å²) in [5.74, 6) is 5.76. The number of hydrogen-bond donors (Lipinski definition) is 0. The molecule has 0 amide bonds. The molecule has 0 aliphatic carbocycles. The van der Waals surface area contributed by atoms with Gasteiger partial charge < -0.3 is 0 Å². The van der Waals surface area contributed by atoms with Crippen LogP contribution in [0.3, 0.4) is 0 Å². The number of hydrogen-bond acceptors (Lipinski definition) is 0. The first kappa shape index (κ1) is 25.0. The van der Waals surface area contributed by atoms with Crippen molar-refractivity contribution >= 4 is 0 Å². The molecule has 0 aromatic carbocycles. The Morgan fingerprint density at radius 2 is 0.450 bits per heavy atom. The first-order valence-corrected chi connectivity index (χ1v) is 9.20. The highest BCUT2D eigenvalue weighted by atomic mass is 14.3. The Bertz CT molecular complexity index is 160. The van der Waals surface area contributed by atoms with Crippen molar-refractivity contribution in [1.82, 2.24) is 0 Å². The molecule has 4 atom stereocenters. The van der Waals surface area contributed by atoms with Crippen LogP contribution >= 0.6 is 0 Å². The van der Waals surface area contributed by atoms with Crippen LogP contribution < -0.4 is 0 Å². The maximum atomic E-state index is 2.45. The Morgan fingerprint density at radius 1 is 0.300 bits per heavy atom. The number of rotatable bonds is 6. The first-order valence-electron chi connectivity index (χ1n) is 9.20. The summed E-state index contributed by atoms with van der Waals surface area (Å²) in [6.45, 7) is 29.6. The molecule has 0 bridgehead atoms. The van der Waals surface area contributed by atoms with Gasteiger partial charge in [-0.2, -0.15) is 0 Å². The Hall–Kier alpha value is 0. The largest absolute Gasteiger partial charge is 0.0683 e. The van der Waals surface area contributed by atoms with Gasteiger partial charge in [-0.3, -0.25) is 0 Å². The molecule has 0 aromatic rings. The van der Waals surface area contributed by atoms with Crippen molar-refractivity contribution in [3.05, 3.63) is 0 Å². The molecule has 4 unspecified atom stereocenters. The molecule has 20 heavy (non-hydrogen) atoms. The summed E-state index contributed by atoms with van der Waals surface area (Å²) in [6, 6.07) is 0. The van der Waals surface area contributed by atoms with Crippen molar-refractivity contribution in [2.45, 2.75) is 90.0 Å². The highest BCUT2D eigenvalue weighted by Crippen LogP contribution is 2.36. The van der Waals surface area contributed by atoms with Crippen LogP contribution in [0.5, 0.6) is 0 Å².